The van der Waals surface area contributed by atoms with Crippen molar-refractivity contribution in [2.45, 2.75) is 18.5 Å². The third-order valence-corrected chi connectivity index (χ3v) is 7.07. The van der Waals surface area contributed by atoms with Crippen LogP contribution in [0.5, 0.6) is 11.5 Å². The molecule has 0 saturated carbocycles. The molecule has 2 fully saturated rings. The van der Waals surface area contributed by atoms with E-state index in [0.29, 0.717) is 16.8 Å². The summed E-state index contributed by atoms with van der Waals surface area (Å²) in [5.74, 6) is -4.75. The number of phenols is 1. The standard InChI is InChI=1S/C27H24N2O6/c1-15-9-6-7-13-18(15)29-24(31)20-21(25(29)32)27(26(33)34,16-10-4-3-5-11-16)28-22(20)17-12-8-14-19(35-2)23(17)30/h3-14,20-22,28,30H,1-2H3,(H,33,34). The number of nitrogens with one attached hydrogen (secondary N) is 1. The number of benzene rings is 3. The second kappa shape index (κ2) is 8.25. The summed E-state index contributed by atoms with van der Waals surface area (Å²) in [4.78, 5) is 41.9. The lowest BCUT2D eigenvalue weighted by molar-refractivity contribution is -0.149. The van der Waals surface area contributed by atoms with Crippen molar-refractivity contribution in [1.29, 1.82) is 0 Å². The van der Waals surface area contributed by atoms with Crippen LogP contribution in [0.25, 0.3) is 0 Å². The molecular formula is C27H24N2O6. The van der Waals surface area contributed by atoms with E-state index in [0.717, 1.165) is 4.90 Å². The average molecular weight is 472 g/mol. The molecular weight excluding hydrogens is 448 g/mol. The number of fused-ring (bicyclic) bond motifs is 1. The minimum absolute atomic E-state index is 0.181. The number of hydrogen-bond donors (Lipinski definition) is 3. The lowest BCUT2D eigenvalue weighted by Gasteiger charge is -2.32. The van der Waals surface area contributed by atoms with Gasteiger partial charge in [0.25, 0.3) is 0 Å². The number of phenolic OH excluding ortho intramolecular Hbond substituents is 1. The second-order valence-corrected chi connectivity index (χ2v) is 8.80. The van der Waals surface area contributed by atoms with Gasteiger partial charge in [0, 0.05) is 11.6 Å². The number of carbonyl (C=O) groups excluding carboxylic acids is 2. The second-order valence-electron chi connectivity index (χ2n) is 8.80. The highest BCUT2D eigenvalue weighted by Gasteiger charge is 2.69. The molecule has 4 unspecified atom stereocenters. The predicted molar refractivity (Wildman–Crippen MR) is 127 cm³/mol. The Kier molecular flexibility index (Phi) is 5.33. The van der Waals surface area contributed by atoms with Gasteiger partial charge in [-0.25, -0.2) is 9.69 Å². The summed E-state index contributed by atoms with van der Waals surface area (Å²) in [6, 6.07) is 19.2. The highest BCUT2D eigenvalue weighted by atomic mass is 16.5. The summed E-state index contributed by atoms with van der Waals surface area (Å²) < 4.78 is 5.24. The largest absolute Gasteiger partial charge is 0.504 e. The number of para-hydroxylation sites is 2. The predicted octanol–water partition coefficient (Wildman–Crippen LogP) is 3.14. The Morgan fingerprint density at radius 2 is 1.66 bits per heavy atom. The maximum atomic E-state index is 13.9. The van der Waals surface area contributed by atoms with E-state index in [1.54, 1.807) is 79.7 Å². The van der Waals surface area contributed by atoms with E-state index in [1.807, 2.05) is 0 Å². The maximum absolute atomic E-state index is 13.9. The van der Waals surface area contributed by atoms with Crippen LogP contribution < -0.4 is 15.0 Å². The number of hydrogen-bond acceptors (Lipinski definition) is 6. The molecule has 8 heteroatoms. The van der Waals surface area contributed by atoms with E-state index in [-0.39, 0.29) is 17.1 Å². The first-order valence-corrected chi connectivity index (χ1v) is 11.2. The summed E-state index contributed by atoms with van der Waals surface area (Å²) in [6.07, 6.45) is 0. The number of imide groups is 1. The summed E-state index contributed by atoms with van der Waals surface area (Å²) in [5.41, 5.74) is -0.135. The Hall–Kier alpha value is -4.17. The number of methoxy groups -OCH3 is 1. The van der Waals surface area contributed by atoms with E-state index in [1.165, 1.54) is 7.11 Å². The van der Waals surface area contributed by atoms with Crippen molar-refractivity contribution < 1.29 is 29.3 Å². The molecule has 3 aromatic rings. The third-order valence-electron chi connectivity index (χ3n) is 7.07. The number of aliphatic carboxylic acids is 1. The average Bonchev–Trinajstić information content (AvgIpc) is 3.35. The number of anilines is 1. The molecule has 5 rings (SSSR count). The van der Waals surface area contributed by atoms with Crippen LogP contribution in [0.1, 0.15) is 22.7 Å². The molecule has 0 aliphatic carbocycles. The number of aromatic hydroxyl groups is 1. The van der Waals surface area contributed by atoms with E-state index >= 15 is 0 Å². The van der Waals surface area contributed by atoms with Gasteiger partial charge in [-0.05, 0) is 30.2 Å². The Morgan fingerprint density at radius 3 is 2.31 bits per heavy atom. The lowest BCUT2D eigenvalue weighted by atomic mass is 9.75. The van der Waals surface area contributed by atoms with Gasteiger partial charge < -0.3 is 14.9 Å². The van der Waals surface area contributed by atoms with Crippen molar-refractivity contribution in [3.8, 4) is 11.5 Å². The van der Waals surface area contributed by atoms with E-state index < -0.39 is 41.2 Å². The molecule has 0 aromatic heterocycles. The summed E-state index contributed by atoms with van der Waals surface area (Å²) >= 11 is 0. The molecule has 0 radical (unpaired) electrons. The number of amides is 2. The van der Waals surface area contributed by atoms with Crippen LogP contribution in [-0.4, -0.2) is 35.1 Å². The van der Waals surface area contributed by atoms with Gasteiger partial charge in [-0.3, -0.25) is 14.9 Å². The molecule has 178 valence electrons. The molecule has 2 aliphatic heterocycles. The summed E-state index contributed by atoms with van der Waals surface area (Å²) in [5, 5.41) is 24.6. The van der Waals surface area contributed by atoms with Crippen LogP contribution in [0.3, 0.4) is 0 Å². The molecule has 0 bridgehead atoms. The van der Waals surface area contributed by atoms with Gasteiger partial charge in [-0.15, -0.1) is 0 Å². The molecule has 8 nitrogen and oxygen atoms in total. The van der Waals surface area contributed by atoms with Gasteiger partial charge in [-0.2, -0.15) is 0 Å². The fraction of sp³-hybridized carbons (Fsp3) is 0.222. The molecule has 4 atom stereocenters. The highest BCUT2D eigenvalue weighted by Crippen LogP contribution is 2.55. The van der Waals surface area contributed by atoms with Crippen LogP contribution in [0.4, 0.5) is 5.69 Å². The number of carboxylic acid groups (broad SMARTS) is 1. The number of aryl methyl sites for hydroxylation is 1. The zero-order valence-electron chi connectivity index (χ0n) is 19.1. The Balaban J connectivity index is 1.76. The number of ether oxygens (including phenoxy) is 1. The quantitative estimate of drug-likeness (QED) is 0.489. The van der Waals surface area contributed by atoms with Gasteiger partial charge in [-0.1, -0.05) is 60.7 Å². The van der Waals surface area contributed by atoms with Crippen molar-refractivity contribution in [1.82, 2.24) is 5.32 Å². The smallest absolute Gasteiger partial charge is 0.329 e. The first kappa shape index (κ1) is 22.6. The molecule has 2 amide bonds. The van der Waals surface area contributed by atoms with E-state index in [9.17, 15) is 24.6 Å². The lowest BCUT2D eigenvalue weighted by Crippen LogP contribution is -2.53. The van der Waals surface area contributed by atoms with E-state index in [2.05, 4.69) is 5.32 Å². The van der Waals surface area contributed by atoms with Crippen molar-refractivity contribution in [3.05, 3.63) is 89.5 Å². The normalized spacial score (nSPS) is 25.5. The Bertz CT molecular complexity index is 1340. The van der Waals surface area contributed by atoms with E-state index in [4.69, 9.17) is 4.74 Å². The first-order chi connectivity index (χ1) is 16.8. The van der Waals surface area contributed by atoms with Gasteiger partial charge in [0.05, 0.1) is 24.6 Å². The van der Waals surface area contributed by atoms with Gasteiger partial charge >= 0.3 is 5.97 Å². The van der Waals surface area contributed by atoms with Crippen LogP contribution in [0.15, 0.2) is 72.8 Å². The summed E-state index contributed by atoms with van der Waals surface area (Å²) in [7, 11) is 1.40. The molecule has 3 aromatic carbocycles. The molecule has 3 N–H and O–H groups in total. The summed E-state index contributed by atoms with van der Waals surface area (Å²) in [6.45, 7) is 1.79. The van der Waals surface area contributed by atoms with Crippen LogP contribution in [0, 0.1) is 18.8 Å². The van der Waals surface area contributed by atoms with Crippen molar-refractivity contribution in [2.24, 2.45) is 11.8 Å². The van der Waals surface area contributed by atoms with Gasteiger partial charge in [0.2, 0.25) is 11.8 Å². The molecule has 2 saturated heterocycles. The van der Waals surface area contributed by atoms with Crippen molar-refractivity contribution >= 4 is 23.5 Å². The minimum atomic E-state index is -1.89. The SMILES string of the molecule is COc1cccc(C2NC(C(=O)O)(c3ccccc3)C3C(=O)N(c4ccccc4C)C(=O)C23)c1O. The van der Waals surface area contributed by atoms with Crippen molar-refractivity contribution in [2.75, 3.05) is 12.0 Å². The van der Waals surface area contributed by atoms with Crippen LogP contribution in [-0.2, 0) is 19.9 Å². The zero-order chi connectivity index (χ0) is 24.9. The minimum Gasteiger partial charge on any atom is -0.504 e. The maximum Gasteiger partial charge on any atom is 0.329 e. The monoisotopic (exact) mass is 472 g/mol. The molecule has 2 heterocycles. The number of nitrogens with zero attached hydrogens (tertiary/aromatic N) is 1. The zero-order valence-corrected chi connectivity index (χ0v) is 19.1. The topological polar surface area (TPSA) is 116 Å². The fourth-order valence-electron chi connectivity index (χ4n) is 5.47. The number of rotatable bonds is 5. The van der Waals surface area contributed by atoms with Crippen molar-refractivity contribution in [3.63, 3.8) is 0 Å². The van der Waals surface area contributed by atoms with Gasteiger partial charge in [0.1, 0.15) is 0 Å². The third kappa shape index (κ3) is 3.14. The Morgan fingerprint density at radius 1 is 0.971 bits per heavy atom. The first-order valence-electron chi connectivity index (χ1n) is 11.2. The number of carbonyl (C=O) groups is 3. The highest BCUT2D eigenvalue weighted by molar-refractivity contribution is 6.24. The number of carboxylic acids is 1. The molecule has 35 heavy (non-hydrogen) atoms. The Labute approximate surface area is 201 Å². The van der Waals surface area contributed by atoms with Gasteiger partial charge in [0.15, 0.2) is 17.0 Å². The fourth-order valence-corrected chi connectivity index (χ4v) is 5.47. The van der Waals surface area contributed by atoms with Crippen LogP contribution in [0.2, 0.25) is 0 Å². The molecule has 0 spiro atoms. The van der Waals surface area contributed by atoms with Crippen LogP contribution >= 0.6 is 0 Å². The molecule has 2 aliphatic rings.